The van der Waals surface area contributed by atoms with Crippen molar-refractivity contribution in [1.82, 2.24) is 9.97 Å². The van der Waals surface area contributed by atoms with Gasteiger partial charge in [-0.15, -0.1) is 0 Å². The molecule has 1 aromatic heterocycles. The first kappa shape index (κ1) is 12.0. The Morgan fingerprint density at radius 2 is 2.24 bits per heavy atom. The molecule has 1 heterocycles. The van der Waals surface area contributed by atoms with E-state index in [1.807, 2.05) is 0 Å². The molecule has 0 saturated carbocycles. The third-order valence-electron chi connectivity index (χ3n) is 2.22. The Hall–Kier alpha value is -1.46. The Morgan fingerprint density at radius 3 is 2.88 bits per heavy atom. The van der Waals surface area contributed by atoms with Crippen LogP contribution in [0.1, 0.15) is 0 Å². The minimum absolute atomic E-state index is 0.278. The highest BCUT2D eigenvalue weighted by atomic mass is 35.5. The van der Waals surface area contributed by atoms with Crippen molar-refractivity contribution in [2.24, 2.45) is 0 Å². The highest BCUT2D eigenvalue weighted by Crippen LogP contribution is 2.33. The number of hydrogen-bond acceptors (Lipinski definition) is 3. The zero-order chi connectivity index (χ0) is 12.4. The third-order valence-corrected chi connectivity index (χ3v) is 2.82. The number of H-pyrrole nitrogens is 1. The summed E-state index contributed by atoms with van der Waals surface area (Å²) >= 11 is 11.0. The molecule has 17 heavy (non-hydrogen) atoms. The number of aromatic nitrogens is 2. The molecule has 0 amide bonds. The molecule has 2 aromatic rings. The summed E-state index contributed by atoms with van der Waals surface area (Å²) in [4.78, 5) is 6.80. The molecule has 0 aliphatic heterocycles. The fourth-order valence-electron chi connectivity index (χ4n) is 1.47. The largest absolute Gasteiger partial charge is 0.491 e. The maximum absolute atomic E-state index is 13.0. The van der Waals surface area contributed by atoms with E-state index in [1.165, 1.54) is 25.6 Å². The molecule has 6 heteroatoms. The second kappa shape index (κ2) is 4.81. The molecule has 88 valence electrons. The number of nitrogens with zero attached hydrogens (tertiary/aromatic N) is 1. The molecular formula is C11H8ClFN2OS. The van der Waals surface area contributed by atoms with Crippen molar-refractivity contribution in [3.63, 3.8) is 0 Å². The quantitative estimate of drug-likeness (QED) is 0.847. The minimum atomic E-state index is -0.398. The topological polar surface area (TPSA) is 37.9 Å². The Bertz CT molecular complexity index is 615. The monoisotopic (exact) mass is 270 g/mol. The van der Waals surface area contributed by atoms with Crippen molar-refractivity contribution in [3.05, 3.63) is 40.0 Å². The molecule has 0 bridgehead atoms. The summed E-state index contributed by atoms with van der Waals surface area (Å²) in [5, 5.41) is 0.278. The van der Waals surface area contributed by atoms with Crippen molar-refractivity contribution < 1.29 is 9.13 Å². The number of rotatable bonds is 2. The number of ether oxygens (including phenoxy) is 1. The summed E-state index contributed by atoms with van der Waals surface area (Å²) < 4.78 is 18.5. The number of halogens is 2. The van der Waals surface area contributed by atoms with E-state index >= 15 is 0 Å². The second-order valence-corrected chi connectivity index (χ2v) is 4.03. The van der Waals surface area contributed by atoms with E-state index < -0.39 is 5.82 Å². The van der Waals surface area contributed by atoms with E-state index in [0.29, 0.717) is 21.6 Å². The molecule has 3 nitrogen and oxygen atoms in total. The van der Waals surface area contributed by atoms with Crippen LogP contribution in [0.25, 0.3) is 11.3 Å². The second-order valence-electron chi connectivity index (χ2n) is 3.24. The van der Waals surface area contributed by atoms with E-state index in [2.05, 4.69) is 9.97 Å². The number of methoxy groups -OCH3 is 1. The van der Waals surface area contributed by atoms with Crippen molar-refractivity contribution in [2.75, 3.05) is 7.11 Å². The van der Waals surface area contributed by atoms with Gasteiger partial charge in [-0.25, -0.2) is 9.37 Å². The first-order valence-corrected chi connectivity index (χ1v) is 5.49. The Kier molecular flexibility index (Phi) is 3.40. The smallest absolute Gasteiger partial charge is 0.179 e. The SMILES string of the molecule is COc1c(-c2ccc(F)cc2Cl)[nH]cnc1=S. The number of benzene rings is 1. The normalized spacial score (nSPS) is 10.3. The Labute approximate surface area is 107 Å². The van der Waals surface area contributed by atoms with Gasteiger partial charge in [0.25, 0.3) is 0 Å². The fraction of sp³-hybridized carbons (Fsp3) is 0.0909. The maximum Gasteiger partial charge on any atom is 0.179 e. The molecule has 0 spiro atoms. The fourth-order valence-corrected chi connectivity index (χ4v) is 1.97. The molecule has 0 radical (unpaired) electrons. The van der Waals surface area contributed by atoms with Gasteiger partial charge in [-0.1, -0.05) is 23.8 Å². The molecule has 0 atom stereocenters. The predicted octanol–water partition coefficient (Wildman–Crippen LogP) is 3.61. The number of aromatic amines is 1. The van der Waals surface area contributed by atoms with Gasteiger partial charge in [-0.3, -0.25) is 0 Å². The summed E-state index contributed by atoms with van der Waals surface area (Å²) in [7, 11) is 1.49. The number of hydrogen-bond donors (Lipinski definition) is 1. The van der Waals surface area contributed by atoms with Crippen LogP contribution in [0.2, 0.25) is 5.02 Å². The van der Waals surface area contributed by atoms with Gasteiger partial charge < -0.3 is 9.72 Å². The predicted molar refractivity (Wildman–Crippen MR) is 66.4 cm³/mol. The first-order valence-electron chi connectivity index (χ1n) is 4.70. The zero-order valence-corrected chi connectivity index (χ0v) is 10.4. The summed E-state index contributed by atoms with van der Waals surface area (Å²) in [6.07, 6.45) is 1.44. The highest BCUT2D eigenvalue weighted by molar-refractivity contribution is 7.71. The van der Waals surface area contributed by atoms with Crippen LogP contribution in [0, 0.1) is 10.5 Å². The first-order chi connectivity index (χ1) is 8.13. The Balaban J connectivity index is 2.68. The minimum Gasteiger partial charge on any atom is -0.491 e. The lowest BCUT2D eigenvalue weighted by atomic mass is 10.1. The van der Waals surface area contributed by atoms with Crippen LogP contribution in [-0.4, -0.2) is 17.1 Å². The van der Waals surface area contributed by atoms with Gasteiger partial charge in [-0.2, -0.15) is 0 Å². The van der Waals surface area contributed by atoms with Crippen LogP contribution in [-0.2, 0) is 0 Å². The van der Waals surface area contributed by atoms with E-state index in [4.69, 9.17) is 28.6 Å². The molecule has 0 fully saturated rings. The average molecular weight is 271 g/mol. The molecular weight excluding hydrogens is 263 g/mol. The van der Waals surface area contributed by atoms with E-state index in [9.17, 15) is 4.39 Å². The van der Waals surface area contributed by atoms with E-state index in [1.54, 1.807) is 6.07 Å². The lowest BCUT2D eigenvalue weighted by Crippen LogP contribution is -1.95. The lowest BCUT2D eigenvalue weighted by Gasteiger charge is -2.09. The van der Waals surface area contributed by atoms with Crippen LogP contribution >= 0.6 is 23.8 Å². The van der Waals surface area contributed by atoms with Crippen LogP contribution in [0.5, 0.6) is 5.75 Å². The van der Waals surface area contributed by atoms with Gasteiger partial charge in [0.05, 0.1) is 24.2 Å². The van der Waals surface area contributed by atoms with Crippen molar-refractivity contribution >= 4 is 23.8 Å². The highest BCUT2D eigenvalue weighted by Gasteiger charge is 2.12. The van der Waals surface area contributed by atoms with Crippen molar-refractivity contribution in [1.29, 1.82) is 0 Å². The van der Waals surface area contributed by atoms with Crippen LogP contribution in [0.3, 0.4) is 0 Å². The summed E-state index contributed by atoms with van der Waals surface area (Å²) in [6, 6.07) is 4.10. The van der Waals surface area contributed by atoms with Crippen LogP contribution < -0.4 is 4.74 Å². The van der Waals surface area contributed by atoms with E-state index in [-0.39, 0.29) is 5.02 Å². The lowest BCUT2D eigenvalue weighted by molar-refractivity contribution is 0.411. The molecule has 0 unspecified atom stereocenters. The maximum atomic E-state index is 13.0. The van der Waals surface area contributed by atoms with Crippen LogP contribution in [0.15, 0.2) is 24.5 Å². The average Bonchev–Trinajstić information content (AvgIpc) is 2.29. The van der Waals surface area contributed by atoms with Gasteiger partial charge in [0.2, 0.25) is 0 Å². The summed E-state index contributed by atoms with van der Waals surface area (Å²) in [6.45, 7) is 0. The van der Waals surface area contributed by atoms with Crippen molar-refractivity contribution in [3.8, 4) is 17.0 Å². The molecule has 0 aliphatic rings. The molecule has 0 saturated heterocycles. The zero-order valence-electron chi connectivity index (χ0n) is 8.83. The van der Waals surface area contributed by atoms with Gasteiger partial charge in [0.15, 0.2) is 10.4 Å². The molecule has 0 aliphatic carbocycles. The van der Waals surface area contributed by atoms with Gasteiger partial charge >= 0.3 is 0 Å². The molecule has 1 aromatic carbocycles. The summed E-state index contributed by atoms with van der Waals surface area (Å²) in [5.74, 6) is 0.0152. The Morgan fingerprint density at radius 1 is 1.47 bits per heavy atom. The van der Waals surface area contributed by atoms with Crippen molar-refractivity contribution in [2.45, 2.75) is 0 Å². The molecule has 1 N–H and O–H groups in total. The van der Waals surface area contributed by atoms with E-state index in [0.717, 1.165) is 0 Å². The van der Waals surface area contributed by atoms with Gasteiger partial charge in [0.1, 0.15) is 5.82 Å². The molecule has 2 rings (SSSR count). The van der Waals surface area contributed by atoms with Gasteiger partial charge in [0, 0.05) is 5.56 Å². The van der Waals surface area contributed by atoms with Crippen LogP contribution in [0.4, 0.5) is 4.39 Å². The third kappa shape index (κ3) is 2.30. The standard InChI is InChI=1S/C11H8ClFN2OS/c1-16-10-9(14-5-15-11(10)17)7-3-2-6(13)4-8(7)12/h2-5H,1H3,(H,14,15,17). The van der Waals surface area contributed by atoms with Gasteiger partial charge in [-0.05, 0) is 18.2 Å². The number of nitrogens with one attached hydrogen (secondary N) is 1. The summed E-state index contributed by atoms with van der Waals surface area (Å²) in [5.41, 5.74) is 1.19.